The highest BCUT2D eigenvalue weighted by atomic mass is 32.2. The molecule has 1 saturated heterocycles. The van der Waals surface area contributed by atoms with Gasteiger partial charge in [-0.2, -0.15) is 11.8 Å². The summed E-state index contributed by atoms with van der Waals surface area (Å²) in [5.74, 6) is 1.04. The summed E-state index contributed by atoms with van der Waals surface area (Å²) in [6.07, 6.45) is 6.84. The molecule has 3 rings (SSSR count). The molecule has 27 heavy (non-hydrogen) atoms. The van der Waals surface area contributed by atoms with Gasteiger partial charge in [0.05, 0.1) is 5.69 Å². The van der Waals surface area contributed by atoms with Crippen LogP contribution in [0.25, 0.3) is 11.3 Å². The van der Waals surface area contributed by atoms with Gasteiger partial charge in [-0.3, -0.25) is 14.6 Å². The predicted octanol–water partition coefficient (Wildman–Crippen LogP) is 3.47. The molecule has 2 amide bonds. The van der Waals surface area contributed by atoms with E-state index < -0.39 is 0 Å². The molecule has 0 unspecified atom stereocenters. The Morgan fingerprint density at radius 3 is 2.56 bits per heavy atom. The number of carbonyl (C=O) groups is 2. The van der Waals surface area contributed by atoms with E-state index in [0.29, 0.717) is 17.7 Å². The summed E-state index contributed by atoms with van der Waals surface area (Å²) in [5.41, 5.74) is 2.93. The number of hydrogen-bond acceptors (Lipinski definition) is 4. The Hall–Kier alpha value is -2.34. The van der Waals surface area contributed by atoms with Gasteiger partial charge < -0.3 is 10.2 Å². The number of likely N-dealkylation sites (tertiary alicyclic amines) is 1. The van der Waals surface area contributed by atoms with Crippen molar-refractivity contribution >= 4 is 23.6 Å². The molecule has 1 aromatic heterocycles. The Labute approximate surface area is 164 Å². The molecule has 142 valence electrons. The van der Waals surface area contributed by atoms with Crippen molar-refractivity contribution in [3.63, 3.8) is 0 Å². The molecule has 2 aromatic rings. The minimum absolute atomic E-state index is 0.0615. The quantitative estimate of drug-likeness (QED) is 0.744. The molecule has 1 aliphatic rings. The van der Waals surface area contributed by atoms with Crippen LogP contribution >= 0.6 is 11.8 Å². The standard InChI is InChI=1S/C21H25N3O2S/c1-27-14-4-10-23-20(25)17-7-5-16(6-8-17)19-15-18(9-11-22-19)21(26)24-12-2-3-13-24/h5-9,11,15H,2-4,10,12-14H2,1H3,(H,23,25). The Morgan fingerprint density at radius 1 is 1.11 bits per heavy atom. The average molecular weight is 384 g/mol. The zero-order valence-corrected chi connectivity index (χ0v) is 16.4. The van der Waals surface area contributed by atoms with Crippen LogP contribution in [0.1, 0.15) is 40.0 Å². The first kappa shape index (κ1) is 19.4. The summed E-state index contributed by atoms with van der Waals surface area (Å²) in [6.45, 7) is 2.35. The molecule has 0 saturated carbocycles. The van der Waals surface area contributed by atoms with E-state index in [1.165, 1.54) is 0 Å². The first-order valence-corrected chi connectivity index (χ1v) is 10.7. The first-order chi connectivity index (χ1) is 13.2. The second kappa shape index (κ2) is 9.55. The molecule has 0 atom stereocenters. The molecule has 0 radical (unpaired) electrons. The second-order valence-corrected chi connectivity index (χ2v) is 7.59. The molecular weight excluding hydrogens is 358 g/mol. The van der Waals surface area contributed by atoms with Gasteiger partial charge in [-0.1, -0.05) is 12.1 Å². The average Bonchev–Trinajstić information content (AvgIpc) is 3.25. The predicted molar refractivity (Wildman–Crippen MR) is 110 cm³/mol. The van der Waals surface area contributed by atoms with Crippen LogP contribution in [-0.4, -0.2) is 53.3 Å². The monoisotopic (exact) mass is 383 g/mol. The molecular formula is C21H25N3O2S. The Kier molecular flexibility index (Phi) is 6.87. The zero-order valence-electron chi connectivity index (χ0n) is 15.6. The smallest absolute Gasteiger partial charge is 0.253 e. The van der Waals surface area contributed by atoms with E-state index in [-0.39, 0.29) is 11.8 Å². The van der Waals surface area contributed by atoms with Gasteiger partial charge in [0.25, 0.3) is 11.8 Å². The molecule has 1 aliphatic heterocycles. The van der Waals surface area contributed by atoms with Gasteiger partial charge in [0.15, 0.2) is 0 Å². The Morgan fingerprint density at radius 2 is 1.85 bits per heavy atom. The van der Waals surface area contributed by atoms with Crippen LogP contribution in [0.5, 0.6) is 0 Å². The zero-order chi connectivity index (χ0) is 19.1. The van der Waals surface area contributed by atoms with Gasteiger partial charge in [-0.05, 0) is 55.5 Å². The number of hydrogen-bond donors (Lipinski definition) is 1. The van der Waals surface area contributed by atoms with Crippen LogP contribution in [0.4, 0.5) is 0 Å². The van der Waals surface area contributed by atoms with Crippen molar-refractivity contribution in [2.75, 3.05) is 31.6 Å². The number of nitrogens with one attached hydrogen (secondary N) is 1. The topological polar surface area (TPSA) is 62.3 Å². The third-order valence-corrected chi connectivity index (χ3v) is 5.35. The molecule has 1 fully saturated rings. The van der Waals surface area contributed by atoms with Crippen molar-refractivity contribution in [1.82, 2.24) is 15.2 Å². The van der Waals surface area contributed by atoms with E-state index in [2.05, 4.69) is 16.6 Å². The maximum atomic E-state index is 12.6. The van der Waals surface area contributed by atoms with Crippen LogP contribution in [0.15, 0.2) is 42.6 Å². The largest absolute Gasteiger partial charge is 0.352 e. The fraction of sp³-hybridized carbons (Fsp3) is 0.381. The normalized spacial score (nSPS) is 13.6. The molecule has 5 nitrogen and oxygen atoms in total. The van der Waals surface area contributed by atoms with E-state index in [1.54, 1.807) is 36.2 Å². The SMILES string of the molecule is CSCCCNC(=O)c1ccc(-c2cc(C(=O)N3CCCC3)ccn2)cc1. The highest BCUT2D eigenvalue weighted by molar-refractivity contribution is 7.98. The maximum absolute atomic E-state index is 12.6. The van der Waals surface area contributed by atoms with Gasteiger partial charge in [0.2, 0.25) is 0 Å². The van der Waals surface area contributed by atoms with E-state index in [9.17, 15) is 9.59 Å². The van der Waals surface area contributed by atoms with E-state index in [0.717, 1.165) is 49.4 Å². The van der Waals surface area contributed by atoms with Crippen LogP contribution in [0, 0.1) is 0 Å². The Bertz CT molecular complexity index is 786. The van der Waals surface area contributed by atoms with Crippen LogP contribution < -0.4 is 5.32 Å². The van der Waals surface area contributed by atoms with Crippen molar-refractivity contribution in [3.05, 3.63) is 53.7 Å². The van der Waals surface area contributed by atoms with Crippen LogP contribution in [0.2, 0.25) is 0 Å². The second-order valence-electron chi connectivity index (χ2n) is 6.61. The lowest BCUT2D eigenvalue weighted by atomic mass is 10.1. The first-order valence-electron chi connectivity index (χ1n) is 9.32. The van der Waals surface area contributed by atoms with Gasteiger partial charge >= 0.3 is 0 Å². The highest BCUT2D eigenvalue weighted by Crippen LogP contribution is 2.20. The summed E-state index contributed by atoms with van der Waals surface area (Å²) in [6, 6.07) is 11.0. The lowest BCUT2D eigenvalue weighted by Gasteiger charge is -2.15. The van der Waals surface area contributed by atoms with Crippen LogP contribution in [-0.2, 0) is 0 Å². The number of amides is 2. The van der Waals surface area contributed by atoms with E-state index >= 15 is 0 Å². The third kappa shape index (κ3) is 5.10. The van der Waals surface area contributed by atoms with E-state index in [1.807, 2.05) is 23.1 Å². The number of benzene rings is 1. The number of rotatable bonds is 7. The maximum Gasteiger partial charge on any atom is 0.253 e. The van der Waals surface area contributed by atoms with Crippen molar-refractivity contribution in [1.29, 1.82) is 0 Å². The van der Waals surface area contributed by atoms with E-state index in [4.69, 9.17) is 0 Å². The number of pyridine rings is 1. The minimum Gasteiger partial charge on any atom is -0.352 e. The van der Waals surface area contributed by atoms with Gasteiger partial charge in [-0.25, -0.2) is 0 Å². The molecule has 0 spiro atoms. The van der Waals surface area contributed by atoms with Gasteiger partial charge in [-0.15, -0.1) is 0 Å². The Balaban J connectivity index is 1.67. The molecule has 1 N–H and O–H groups in total. The van der Waals surface area contributed by atoms with Crippen molar-refractivity contribution in [3.8, 4) is 11.3 Å². The summed E-state index contributed by atoms with van der Waals surface area (Å²) in [7, 11) is 0. The minimum atomic E-state index is -0.0615. The third-order valence-electron chi connectivity index (χ3n) is 4.65. The van der Waals surface area contributed by atoms with Crippen molar-refractivity contribution in [2.24, 2.45) is 0 Å². The molecule has 1 aromatic carbocycles. The highest BCUT2D eigenvalue weighted by Gasteiger charge is 2.19. The lowest BCUT2D eigenvalue weighted by Crippen LogP contribution is -2.27. The van der Waals surface area contributed by atoms with Gasteiger partial charge in [0.1, 0.15) is 0 Å². The van der Waals surface area contributed by atoms with Gasteiger partial charge in [0, 0.05) is 42.5 Å². The number of thioether (sulfide) groups is 1. The number of nitrogens with zero attached hydrogens (tertiary/aromatic N) is 2. The van der Waals surface area contributed by atoms with Crippen molar-refractivity contribution < 1.29 is 9.59 Å². The molecule has 6 heteroatoms. The van der Waals surface area contributed by atoms with Crippen LogP contribution in [0.3, 0.4) is 0 Å². The fourth-order valence-corrected chi connectivity index (χ4v) is 3.57. The number of carbonyl (C=O) groups excluding carboxylic acids is 2. The fourth-order valence-electron chi connectivity index (χ4n) is 3.14. The molecule has 0 bridgehead atoms. The lowest BCUT2D eigenvalue weighted by molar-refractivity contribution is 0.0792. The summed E-state index contributed by atoms with van der Waals surface area (Å²) in [4.78, 5) is 31.0. The summed E-state index contributed by atoms with van der Waals surface area (Å²) >= 11 is 1.77. The van der Waals surface area contributed by atoms with Crippen molar-refractivity contribution in [2.45, 2.75) is 19.3 Å². The number of aromatic nitrogens is 1. The molecule has 0 aliphatic carbocycles. The molecule has 2 heterocycles. The summed E-state index contributed by atoms with van der Waals surface area (Å²) in [5, 5.41) is 2.93. The summed E-state index contributed by atoms with van der Waals surface area (Å²) < 4.78 is 0.